The van der Waals surface area contributed by atoms with Gasteiger partial charge in [-0.05, 0) is 50.4 Å². The summed E-state index contributed by atoms with van der Waals surface area (Å²) in [6.45, 7) is 7.38. The minimum Gasteiger partial charge on any atom is -0.385 e. The van der Waals surface area contributed by atoms with Crippen LogP contribution in [0.1, 0.15) is 39.0 Å². The van der Waals surface area contributed by atoms with E-state index in [1.807, 2.05) is 0 Å². The second kappa shape index (κ2) is 8.73. The van der Waals surface area contributed by atoms with Gasteiger partial charge in [-0.15, -0.1) is 0 Å². The SMILES string of the molecule is CCNC(=NCC1(CCOC)CC1)N(C)CCOCC1CC1. The van der Waals surface area contributed by atoms with E-state index in [1.165, 1.54) is 25.7 Å². The molecule has 0 amide bonds. The van der Waals surface area contributed by atoms with Crippen molar-refractivity contribution >= 4 is 5.96 Å². The first-order valence-electron chi connectivity index (χ1n) is 8.75. The number of ether oxygens (including phenoxy) is 2. The highest BCUT2D eigenvalue weighted by Crippen LogP contribution is 2.48. The number of nitrogens with one attached hydrogen (secondary N) is 1. The molecule has 0 aromatic rings. The van der Waals surface area contributed by atoms with Crippen LogP contribution >= 0.6 is 0 Å². The number of hydrogen-bond acceptors (Lipinski definition) is 3. The van der Waals surface area contributed by atoms with Gasteiger partial charge < -0.3 is 19.7 Å². The van der Waals surface area contributed by atoms with Crippen molar-refractivity contribution in [3.05, 3.63) is 0 Å². The first-order chi connectivity index (χ1) is 10.7. The average molecular weight is 311 g/mol. The quantitative estimate of drug-likeness (QED) is 0.361. The highest BCUT2D eigenvalue weighted by molar-refractivity contribution is 5.79. The van der Waals surface area contributed by atoms with Crippen molar-refractivity contribution < 1.29 is 9.47 Å². The predicted octanol–water partition coefficient (Wildman–Crippen LogP) is 2.13. The zero-order chi connectivity index (χ0) is 15.8. The molecule has 0 aromatic carbocycles. The van der Waals surface area contributed by atoms with Crippen LogP contribution < -0.4 is 5.32 Å². The second-order valence-corrected chi connectivity index (χ2v) is 6.85. The molecule has 2 rings (SSSR count). The van der Waals surface area contributed by atoms with Gasteiger partial charge in [-0.2, -0.15) is 0 Å². The standard InChI is InChI=1S/C17H33N3O2/c1-4-18-16(19-14-17(7-8-17)9-11-21-3)20(2)10-12-22-13-15-5-6-15/h15H,4-14H2,1-3H3,(H,18,19). The molecule has 0 saturated heterocycles. The number of hydrogen-bond donors (Lipinski definition) is 1. The van der Waals surface area contributed by atoms with Gasteiger partial charge in [-0.1, -0.05) is 0 Å². The lowest BCUT2D eigenvalue weighted by Crippen LogP contribution is -2.41. The van der Waals surface area contributed by atoms with Gasteiger partial charge in [0.15, 0.2) is 5.96 Å². The third kappa shape index (κ3) is 6.13. The van der Waals surface area contributed by atoms with Crippen molar-refractivity contribution in [2.24, 2.45) is 16.3 Å². The van der Waals surface area contributed by atoms with Crippen molar-refractivity contribution in [2.45, 2.75) is 39.0 Å². The summed E-state index contributed by atoms with van der Waals surface area (Å²) in [6, 6.07) is 0. The molecule has 0 aliphatic heterocycles. The maximum atomic E-state index is 5.73. The van der Waals surface area contributed by atoms with Crippen LogP contribution in [0.3, 0.4) is 0 Å². The summed E-state index contributed by atoms with van der Waals surface area (Å²) in [5, 5.41) is 3.39. The molecule has 0 aromatic heterocycles. The molecule has 5 heteroatoms. The predicted molar refractivity (Wildman–Crippen MR) is 90.3 cm³/mol. The Morgan fingerprint density at radius 2 is 2.09 bits per heavy atom. The molecule has 0 bridgehead atoms. The summed E-state index contributed by atoms with van der Waals surface area (Å²) in [4.78, 5) is 7.03. The van der Waals surface area contributed by atoms with Crippen LogP contribution in [0.25, 0.3) is 0 Å². The maximum absolute atomic E-state index is 5.73. The number of methoxy groups -OCH3 is 1. The molecular formula is C17H33N3O2. The Hall–Kier alpha value is -0.810. The molecule has 1 N–H and O–H groups in total. The number of nitrogens with zero attached hydrogens (tertiary/aromatic N) is 2. The van der Waals surface area contributed by atoms with E-state index in [0.717, 1.165) is 57.8 Å². The first-order valence-corrected chi connectivity index (χ1v) is 8.75. The monoisotopic (exact) mass is 311 g/mol. The maximum Gasteiger partial charge on any atom is 0.193 e. The van der Waals surface area contributed by atoms with Crippen molar-refractivity contribution in [1.82, 2.24) is 10.2 Å². The van der Waals surface area contributed by atoms with Gasteiger partial charge >= 0.3 is 0 Å². The van der Waals surface area contributed by atoms with E-state index in [2.05, 4.69) is 24.2 Å². The van der Waals surface area contributed by atoms with Crippen LogP contribution in [0.15, 0.2) is 4.99 Å². The van der Waals surface area contributed by atoms with Crippen LogP contribution in [0, 0.1) is 11.3 Å². The molecule has 2 aliphatic carbocycles. The second-order valence-electron chi connectivity index (χ2n) is 6.85. The molecule has 5 nitrogen and oxygen atoms in total. The fraction of sp³-hybridized carbons (Fsp3) is 0.941. The van der Waals surface area contributed by atoms with E-state index in [9.17, 15) is 0 Å². The van der Waals surface area contributed by atoms with Gasteiger partial charge in [-0.25, -0.2) is 0 Å². The van der Waals surface area contributed by atoms with Gasteiger partial charge in [-0.3, -0.25) is 4.99 Å². The van der Waals surface area contributed by atoms with Crippen LogP contribution in [-0.4, -0.2) is 64.5 Å². The van der Waals surface area contributed by atoms with Gasteiger partial charge in [0.2, 0.25) is 0 Å². The van der Waals surface area contributed by atoms with E-state index in [-0.39, 0.29) is 0 Å². The average Bonchev–Trinajstić information content (AvgIpc) is 3.42. The van der Waals surface area contributed by atoms with E-state index < -0.39 is 0 Å². The van der Waals surface area contributed by atoms with Crippen molar-refractivity contribution in [3.8, 4) is 0 Å². The minimum absolute atomic E-state index is 0.403. The zero-order valence-electron chi connectivity index (χ0n) is 14.6. The largest absolute Gasteiger partial charge is 0.385 e. The topological polar surface area (TPSA) is 46.1 Å². The lowest BCUT2D eigenvalue weighted by molar-refractivity contribution is 0.115. The molecule has 22 heavy (non-hydrogen) atoms. The van der Waals surface area contributed by atoms with Crippen molar-refractivity contribution in [3.63, 3.8) is 0 Å². The summed E-state index contributed by atoms with van der Waals surface area (Å²) in [7, 11) is 3.87. The molecule has 0 heterocycles. The van der Waals surface area contributed by atoms with Gasteiger partial charge in [0.25, 0.3) is 0 Å². The van der Waals surface area contributed by atoms with Crippen molar-refractivity contribution in [1.29, 1.82) is 0 Å². The summed E-state index contributed by atoms with van der Waals surface area (Å²) < 4.78 is 10.9. The van der Waals surface area contributed by atoms with Gasteiger partial charge in [0, 0.05) is 47.0 Å². The normalized spacial score (nSPS) is 20.0. The lowest BCUT2D eigenvalue weighted by atomic mass is 10.0. The molecule has 0 radical (unpaired) electrons. The molecular weight excluding hydrogens is 278 g/mol. The Morgan fingerprint density at radius 3 is 2.68 bits per heavy atom. The minimum atomic E-state index is 0.403. The highest BCUT2D eigenvalue weighted by Gasteiger charge is 2.41. The Morgan fingerprint density at radius 1 is 1.32 bits per heavy atom. The van der Waals surface area contributed by atoms with Gasteiger partial charge in [0.05, 0.1) is 6.61 Å². The van der Waals surface area contributed by atoms with E-state index in [1.54, 1.807) is 7.11 Å². The van der Waals surface area contributed by atoms with Crippen LogP contribution in [0.5, 0.6) is 0 Å². The summed E-state index contributed by atoms with van der Waals surface area (Å²) in [6.07, 6.45) is 6.40. The number of rotatable bonds is 11. The van der Waals surface area contributed by atoms with E-state index in [0.29, 0.717) is 5.41 Å². The molecule has 128 valence electrons. The zero-order valence-corrected chi connectivity index (χ0v) is 14.6. The smallest absolute Gasteiger partial charge is 0.193 e. The van der Waals surface area contributed by atoms with Crippen LogP contribution in [0.4, 0.5) is 0 Å². The van der Waals surface area contributed by atoms with Gasteiger partial charge in [0.1, 0.15) is 0 Å². The summed E-state index contributed by atoms with van der Waals surface area (Å²) >= 11 is 0. The fourth-order valence-electron chi connectivity index (χ4n) is 2.54. The number of likely N-dealkylation sites (N-methyl/N-ethyl adjacent to an activating group) is 1. The van der Waals surface area contributed by atoms with Crippen LogP contribution in [0.2, 0.25) is 0 Å². The third-order valence-corrected chi connectivity index (χ3v) is 4.68. The molecule has 0 unspecified atom stereocenters. The highest BCUT2D eigenvalue weighted by atomic mass is 16.5. The van der Waals surface area contributed by atoms with E-state index in [4.69, 9.17) is 14.5 Å². The van der Waals surface area contributed by atoms with E-state index >= 15 is 0 Å². The molecule has 0 spiro atoms. The molecule has 2 aliphatic rings. The molecule has 2 fully saturated rings. The Bertz CT molecular complexity index is 352. The fourth-order valence-corrected chi connectivity index (χ4v) is 2.54. The molecule has 2 saturated carbocycles. The van der Waals surface area contributed by atoms with Crippen LogP contribution in [-0.2, 0) is 9.47 Å². The first kappa shape index (κ1) is 17.5. The Labute approximate surface area is 135 Å². The number of aliphatic imine (C=N–C) groups is 1. The summed E-state index contributed by atoms with van der Waals surface area (Å²) in [5.41, 5.74) is 0.403. The molecule has 0 atom stereocenters. The lowest BCUT2D eigenvalue weighted by Gasteiger charge is -2.23. The summed E-state index contributed by atoms with van der Waals surface area (Å²) in [5.74, 6) is 1.84. The van der Waals surface area contributed by atoms with Crippen molar-refractivity contribution in [2.75, 3.05) is 53.6 Å². The Kier molecular flexibility index (Phi) is 6.96. The number of guanidine groups is 1. The Balaban J connectivity index is 1.72. The third-order valence-electron chi connectivity index (χ3n) is 4.68.